The zero-order chi connectivity index (χ0) is 11.4. The Kier molecular flexibility index (Phi) is 3.49. The number of carboxylic acids is 1. The Labute approximate surface area is 87.3 Å². The van der Waals surface area contributed by atoms with Crippen LogP contribution in [-0.2, 0) is 16.1 Å². The van der Waals surface area contributed by atoms with Gasteiger partial charge in [0.2, 0.25) is 0 Å². The van der Waals surface area contributed by atoms with Crippen LogP contribution in [-0.4, -0.2) is 28.2 Å². The number of ether oxygens (including phenoxy) is 1. The molecule has 1 aromatic rings. The van der Waals surface area contributed by atoms with Gasteiger partial charge in [0.1, 0.15) is 6.54 Å². The Morgan fingerprint density at radius 3 is 2.67 bits per heavy atom. The molecule has 0 fully saturated rings. The van der Waals surface area contributed by atoms with Gasteiger partial charge in [-0.1, -0.05) is 0 Å². The minimum Gasteiger partial charge on any atom is -0.478 e. The van der Waals surface area contributed by atoms with Gasteiger partial charge in [0, 0.05) is 11.9 Å². The minimum atomic E-state index is -0.991. The lowest BCUT2D eigenvalue weighted by Crippen LogP contribution is -2.14. The predicted molar refractivity (Wildman–Crippen MR) is 52.8 cm³/mol. The number of hydrogen-bond acceptors (Lipinski definition) is 3. The molecule has 0 saturated heterocycles. The molecule has 1 heterocycles. The van der Waals surface area contributed by atoms with E-state index in [2.05, 4.69) is 0 Å². The molecule has 0 radical (unpaired) electrons. The van der Waals surface area contributed by atoms with Gasteiger partial charge in [0.15, 0.2) is 0 Å². The fourth-order valence-corrected chi connectivity index (χ4v) is 1.29. The number of carbonyl (C=O) groups excluding carboxylic acids is 1. The van der Waals surface area contributed by atoms with E-state index in [4.69, 9.17) is 9.84 Å². The van der Waals surface area contributed by atoms with Crippen molar-refractivity contribution in [2.24, 2.45) is 0 Å². The zero-order valence-electron chi connectivity index (χ0n) is 8.69. The molecule has 0 spiro atoms. The van der Waals surface area contributed by atoms with Gasteiger partial charge >= 0.3 is 11.9 Å². The van der Waals surface area contributed by atoms with Crippen molar-refractivity contribution in [3.05, 3.63) is 23.5 Å². The van der Waals surface area contributed by atoms with Gasteiger partial charge in [-0.3, -0.25) is 4.79 Å². The fraction of sp³-hybridized carbons (Fsp3) is 0.400. The smallest absolute Gasteiger partial charge is 0.337 e. The number of aromatic nitrogens is 1. The number of rotatable bonds is 4. The Bertz CT molecular complexity index is 381. The van der Waals surface area contributed by atoms with Crippen LogP contribution in [0.1, 0.15) is 23.0 Å². The summed E-state index contributed by atoms with van der Waals surface area (Å²) < 4.78 is 6.32. The maximum Gasteiger partial charge on any atom is 0.337 e. The number of hydrogen-bond donors (Lipinski definition) is 1. The lowest BCUT2D eigenvalue weighted by Gasteiger charge is -2.05. The number of carboxylic acid groups (broad SMARTS) is 1. The normalized spacial score (nSPS) is 10.0. The van der Waals surface area contributed by atoms with Crippen LogP contribution in [0.25, 0.3) is 0 Å². The molecule has 0 saturated carbocycles. The number of nitrogens with zero attached hydrogens (tertiary/aromatic N) is 1. The van der Waals surface area contributed by atoms with Gasteiger partial charge in [-0.25, -0.2) is 4.79 Å². The molecule has 1 rings (SSSR count). The molecule has 0 aliphatic carbocycles. The minimum absolute atomic E-state index is 0.0486. The second kappa shape index (κ2) is 4.63. The standard InChI is InChI=1S/C10H13NO4/c1-3-15-9(12)6-11-5-4-8(7(11)2)10(13)14/h4-5H,3,6H2,1-2H3,(H,13,14). The number of carbonyl (C=O) groups is 2. The van der Waals surface area contributed by atoms with E-state index in [1.165, 1.54) is 6.07 Å². The van der Waals surface area contributed by atoms with E-state index in [1.54, 1.807) is 24.6 Å². The van der Waals surface area contributed by atoms with Crippen LogP contribution in [0, 0.1) is 6.92 Å². The van der Waals surface area contributed by atoms with Gasteiger partial charge in [-0.05, 0) is 19.9 Å². The molecule has 1 aromatic heterocycles. The second-order valence-corrected chi connectivity index (χ2v) is 3.05. The summed E-state index contributed by atoms with van der Waals surface area (Å²) in [7, 11) is 0. The zero-order valence-corrected chi connectivity index (χ0v) is 8.69. The topological polar surface area (TPSA) is 68.5 Å². The Morgan fingerprint density at radius 1 is 1.53 bits per heavy atom. The van der Waals surface area contributed by atoms with Crippen molar-refractivity contribution in [3.63, 3.8) is 0 Å². The molecule has 82 valence electrons. The van der Waals surface area contributed by atoms with Gasteiger partial charge in [-0.2, -0.15) is 0 Å². The van der Waals surface area contributed by atoms with Crippen molar-refractivity contribution in [2.75, 3.05) is 6.61 Å². The van der Waals surface area contributed by atoms with Crippen molar-refractivity contribution < 1.29 is 19.4 Å². The first-order chi connectivity index (χ1) is 7.06. The highest BCUT2D eigenvalue weighted by Gasteiger charge is 2.13. The van der Waals surface area contributed by atoms with E-state index in [1.807, 2.05) is 0 Å². The SMILES string of the molecule is CCOC(=O)Cn1ccc(C(=O)O)c1C. The molecule has 0 unspecified atom stereocenters. The predicted octanol–water partition coefficient (Wildman–Crippen LogP) is 1.06. The molecule has 0 aliphatic rings. The molecule has 15 heavy (non-hydrogen) atoms. The fourth-order valence-electron chi connectivity index (χ4n) is 1.29. The summed E-state index contributed by atoms with van der Waals surface area (Å²) in [5.41, 5.74) is 0.759. The van der Waals surface area contributed by atoms with Crippen LogP contribution in [0.4, 0.5) is 0 Å². The second-order valence-electron chi connectivity index (χ2n) is 3.05. The average molecular weight is 211 g/mol. The van der Waals surface area contributed by atoms with E-state index in [9.17, 15) is 9.59 Å². The van der Waals surface area contributed by atoms with E-state index in [0.29, 0.717) is 12.3 Å². The number of aromatic carboxylic acids is 1. The van der Waals surface area contributed by atoms with Crippen LogP contribution < -0.4 is 0 Å². The highest BCUT2D eigenvalue weighted by atomic mass is 16.5. The third-order valence-corrected chi connectivity index (χ3v) is 2.08. The summed E-state index contributed by atoms with van der Waals surface area (Å²) in [6, 6.07) is 1.47. The summed E-state index contributed by atoms with van der Waals surface area (Å²) in [5, 5.41) is 8.79. The molecule has 0 aliphatic heterocycles. The highest BCUT2D eigenvalue weighted by Crippen LogP contribution is 2.09. The number of esters is 1. The van der Waals surface area contributed by atoms with Gasteiger partial charge in [0.05, 0.1) is 12.2 Å². The molecule has 0 atom stereocenters. The van der Waals surface area contributed by atoms with Crippen LogP contribution >= 0.6 is 0 Å². The van der Waals surface area contributed by atoms with Gasteiger partial charge in [-0.15, -0.1) is 0 Å². The van der Waals surface area contributed by atoms with E-state index in [-0.39, 0.29) is 18.1 Å². The maximum atomic E-state index is 11.2. The van der Waals surface area contributed by atoms with Crippen LogP contribution in [0.3, 0.4) is 0 Å². The maximum absolute atomic E-state index is 11.2. The first kappa shape index (κ1) is 11.3. The molecule has 5 nitrogen and oxygen atoms in total. The van der Waals surface area contributed by atoms with Crippen molar-refractivity contribution in [1.29, 1.82) is 0 Å². The van der Waals surface area contributed by atoms with Gasteiger partial charge < -0.3 is 14.4 Å². The van der Waals surface area contributed by atoms with Crippen LogP contribution in [0.2, 0.25) is 0 Å². The van der Waals surface area contributed by atoms with Crippen molar-refractivity contribution in [3.8, 4) is 0 Å². The molecule has 1 N–H and O–H groups in total. The van der Waals surface area contributed by atoms with Crippen molar-refractivity contribution in [1.82, 2.24) is 4.57 Å². The highest BCUT2D eigenvalue weighted by molar-refractivity contribution is 5.89. The quantitative estimate of drug-likeness (QED) is 0.756. The summed E-state index contributed by atoms with van der Waals surface area (Å²) in [4.78, 5) is 21.9. The van der Waals surface area contributed by atoms with E-state index < -0.39 is 5.97 Å². The van der Waals surface area contributed by atoms with Crippen LogP contribution in [0.15, 0.2) is 12.3 Å². The first-order valence-electron chi connectivity index (χ1n) is 4.61. The molecular weight excluding hydrogens is 198 g/mol. The Morgan fingerprint density at radius 2 is 2.20 bits per heavy atom. The largest absolute Gasteiger partial charge is 0.478 e. The summed E-state index contributed by atoms with van der Waals surface area (Å²) in [5.74, 6) is -1.36. The lowest BCUT2D eigenvalue weighted by atomic mass is 10.2. The Hall–Kier alpha value is -1.78. The van der Waals surface area contributed by atoms with E-state index in [0.717, 1.165) is 0 Å². The summed E-state index contributed by atoms with van der Waals surface area (Å²) in [6.07, 6.45) is 1.57. The summed E-state index contributed by atoms with van der Waals surface area (Å²) in [6.45, 7) is 3.75. The molecule has 0 aromatic carbocycles. The molecule has 0 bridgehead atoms. The third kappa shape index (κ3) is 2.59. The first-order valence-corrected chi connectivity index (χ1v) is 4.61. The van der Waals surface area contributed by atoms with Crippen LogP contribution in [0.5, 0.6) is 0 Å². The van der Waals surface area contributed by atoms with Crippen molar-refractivity contribution >= 4 is 11.9 Å². The molecular formula is C10H13NO4. The average Bonchev–Trinajstić information content (AvgIpc) is 2.48. The van der Waals surface area contributed by atoms with Gasteiger partial charge in [0.25, 0.3) is 0 Å². The molecule has 0 amide bonds. The van der Waals surface area contributed by atoms with E-state index >= 15 is 0 Å². The van der Waals surface area contributed by atoms with Crippen molar-refractivity contribution in [2.45, 2.75) is 20.4 Å². The monoisotopic (exact) mass is 211 g/mol. The Balaban J connectivity index is 2.79. The summed E-state index contributed by atoms with van der Waals surface area (Å²) >= 11 is 0. The molecule has 5 heteroatoms. The lowest BCUT2D eigenvalue weighted by molar-refractivity contribution is -0.143. The third-order valence-electron chi connectivity index (χ3n) is 2.08.